The molecule has 2 fully saturated rings. The van der Waals surface area contributed by atoms with Crippen molar-refractivity contribution < 1.29 is 9.53 Å². The molecule has 1 N–H and O–H groups in total. The normalized spacial score (nSPS) is 21.8. The van der Waals surface area contributed by atoms with E-state index in [0.29, 0.717) is 12.0 Å². The summed E-state index contributed by atoms with van der Waals surface area (Å²) >= 11 is 0. The highest BCUT2D eigenvalue weighted by Crippen LogP contribution is 2.29. The summed E-state index contributed by atoms with van der Waals surface area (Å²) in [4.78, 5) is 14.5. The molecular weight excluding hydrogens is 252 g/mol. The Morgan fingerprint density at radius 1 is 1.40 bits per heavy atom. The average molecular weight is 274 g/mol. The van der Waals surface area contributed by atoms with E-state index < -0.39 is 0 Å². The zero-order valence-corrected chi connectivity index (χ0v) is 12.0. The summed E-state index contributed by atoms with van der Waals surface area (Å²) in [7, 11) is 0. The predicted octanol–water partition coefficient (Wildman–Crippen LogP) is 3.03. The van der Waals surface area contributed by atoms with Crippen LogP contribution in [0.1, 0.15) is 24.8 Å². The van der Waals surface area contributed by atoms with Crippen molar-refractivity contribution in [1.82, 2.24) is 4.90 Å². The van der Waals surface area contributed by atoms with Gasteiger partial charge in [-0.1, -0.05) is 12.1 Å². The number of carbonyl (C=O) groups excluding carboxylic acids is 1. The van der Waals surface area contributed by atoms with E-state index in [1.54, 1.807) is 0 Å². The van der Waals surface area contributed by atoms with Crippen LogP contribution < -0.4 is 5.32 Å². The van der Waals surface area contributed by atoms with Crippen molar-refractivity contribution >= 4 is 11.7 Å². The smallest absolute Gasteiger partial charge is 0.322 e. The number of hydrogen-bond donors (Lipinski definition) is 1. The lowest BCUT2D eigenvalue weighted by Crippen LogP contribution is -2.40. The van der Waals surface area contributed by atoms with Gasteiger partial charge in [0.25, 0.3) is 0 Å². The van der Waals surface area contributed by atoms with Crippen LogP contribution in [0.25, 0.3) is 0 Å². The molecule has 2 aliphatic rings. The molecule has 2 amide bonds. The number of anilines is 1. The average Bonchev–Trinajstić information content (AvgIpc) is 3.12. The molecule has 4 heteroatoms. The Balaban J connectivity index is 1.63. The quantitative estimate of drug-likeness (QED) is 0.917. The number of nitrogens with one attached hydrogen (secondary N) is 1. The van der Waals surface area contributed by atoms with E-state index >= 15 is 0 Å². The van der Waals surface area contributed by atoms with E-state index in [0.717, 1.165) is 50.3 Å². The van der Waals surface area contributed by atoms with Gasteiger partial charge in [-0.05, 0) is 43.9 Å². The van der Waals surface area contributed by atoms with Crippen LogP contribution in [0.3, 0.4) is 0 Å². The summed E-state index contributed by atoms with van der Waals surface area (Å²) in [5.74, 6) is 0.499. The van der Waals surface area contributed by atoms with Crippen molar-refractivity contribution in [3.05, 3.63) is 29.8 Å². The molecule has 1 aromatic rings. The number of amides is 2. The Labute approximate surface area is 120 Å². The summed E-state index contributed by atoms with van der Waals surface area (Å²) in [6, 6.07) is 8.41. The standard InChI is InChI=1S/C16H22N2O2/c1-12-3-2-4-14(9-12)17-16(19)18(15-5-6-15)10-13-7-8-20-11-13/h2-4,9,13,15H,5-8,10-11H2,1H3,(H,17,19)/t13-/m0/s1. The topological polar surface area (TPSA) is 41.6 Å². The van der Waals surface area contributed by atoms with Crippen molar-refractivity contribution in [1.29, 1.82) is 0 Å². The summed E-state index contributed by atoms with van der Waals surface area (Å²) in [6.45, 7) is 4.48. The van der Waals surface area contributed by atoms with E-state index in [1.165, 1.54) is 0 Å². The SMILES string of the molecule is Cc1cccc(NC(=O)N(C[C@@H]2CCOC2)C2CC2)c1. The second kappa shape index (κ2) is 5.83. The first-order chi connectivity index (χ1) is 9.72. The summed E-state index contributed by atoms with van der Waals surface area (Å²) in [5.41, 5.74) is 2.04. The maximum absolute atomic E-state index is 12.5. The molecule has 1 heterocycles. The fourth-order valence-electron chi connectivity index (χ4n) is 2.71. The Morgan fingerprint density at radius 2 is 2.25 bits per heavy atom. The number of benzene rings is 1. The van der Waals surface area contributed by atoms with Gasteiger partial charge in [-0.2, -0.15) is 0 Å². The Bertz CT molecular complexity index is 479. The number of urea groups is 1. The van der Waals surface area contributed by atoms with Crippen LogP contribution in [0.5, 0.6) is 0 Å². The molecule has 0 aromatic heterocycles. The fraction of sp³-hybridized carbons (Fsp3) is 0.562. The lowest BCUT2D eigenvalue weighted by Gasteiger charge is -2.25. The zero-order chi connectivity index (χ0) is 13.9. The molecular formula is C16H22N2O2. The second-order valence-electron chi connectivity index (χ2n) is 5.91. The Kier molecular flexibility index (Phi) is 3.92. The van der Waals surface area contributed by atoms with Gasteiger partial charge in [0.15, 0.2) is 0 Å². The number of nitrogens with zero attached hydrogens (tertiary/aromatic N) is 1. The van der Waals surface area contributed by atoms with Crippen molar-refractivity contribution in [2.24, 2.45) is 5.92 Å². The monoisotopic (exact) mass is 274 g/mol. The van der Waals surface area contributed by atoms with Crippen molar-refractivity contribution in [2.45, 2.75) is 32.2 Å². The third-order valence-corrected chi connectivity index (χ3v) is 4.00. The van der Waals surface area contributed by atoms with Gasteiger partial charge < -0.3 is 15.0 Å². The highest BCUT2D eigenvalue weighted by Gasteiger charge is 2.34. The second-order valence-corrected chi connectivity index (χ2v) is 5.91. The van der Waals surface area contributed by atoms with Crippen LogP contribution >= 0.6 is 0 Å². The fourth-order valence-corrected chi connectivity index (χ4v) is 2.71. The number of aryl methyl sites for hydroxylation is 1. The van der Waals surface area contributed by atoms with E-state index in [-0.39, 0.29) is 6.03 Å². The van der Waals surface area contributed by atoms with Crippen LogP contribution in [0.2, 0.25) is 0 Å². The first-order valence-corrected chi connectivity index (χ1v) is 7.44. The molecule has 0 unspecified atom stereocenters. The molecule has 0 radical (unpaired) electrons. The summed E-state index contributed by atoms with van der Waals surface area (Å²) < 4.78 is 5.41. The maximum atomic E-state index is 12.5. The molecule has 4 nitrogen and oxygen atoms in total. The Hall–Kier alpha value is -1.55. The molecule has 1 saturated carbocycles. The van der Waals surface area contributed by atoms with E-state index in [4.69, 9.17) is 4.74 Å². The molecule has 3 rings (SSSR count). The third-order valence-electron chi connectivity index (χ3n) is 4.00. The van der Waals surface area contributed by atoms with Gasteiger partial charge in [-0.15, -0.1) is 0 Å². The third kappa shape index (κ3) is 3.31. The molecule has 0 bridgehead atoms. The van der Waals surface area contributed by atoms with Crippen LogP contribution in [0, 0.1) is 12.8 Å². The van der Waals surface area contributed by atoms with Crippen LogP contribution in [-0.4, -0.2) is 36.7 Å². The molecule has 1 atom stereocenters. The van der Waals surface area contributed by atoms with Crippen LogP contribution in [0.4, 0.5) is 10.5 Å². The van der Waals surface area contributed by atoms with E-state index in [2.05, 4.69) is 5.32 Å². The first kappa shape index (κ1) is 13.4. The van der Waals surface area contributed by atoms with Gasteiger partial charge in [-0.25, -0.2) is 4.79 Å². The number of carbonyl (C=O) groups is 1. The van der Waals surface area contributed by atoms with E-state index in [9.17, 15) is 4.79 Å². The molecule has 1 aliphatic carbocycles. The highest BCUT2D eigenvalue weighted by atomic mass is 16.5. The highest BCUT2D eigenvalue weighted by molar-refractivity contribution is 5.89. The first-order valence-electron chi connectivity index (χ1n) is 7.44. The molecule has 0 spiro atoms. The van der Waals surface area contributed by atoms with Gasteiger partial charge in [0.1, 0.15) is 0 Å². The van der Waals surface area contributed by atoms with Gasteiger partial charge >= 0.3 is 6.03 Å². The predicted molar refractivity (Wildman–Crippen MR) is 78.9 cm³/mol. The minimum Gasteiger partial charge on any atom is -0.381 e. The summed E-state index contributed by atoms with van der Waals surface area (Å²) in [6.07, 6.45) is 3.34. The lowest BCUT2D eigenvalue weighted by molar-refractivity contribution is 0.167. The number of hydrogen-bond acceptors (Lipinski definition) is 2. The van der Waals surface area contributed by atoms with Crippen LogP contribution in [0.15, 0.2) is 24.3 Å². The minimum absolute atomic E-state index is 0.0324. The minimum atomic E-state index is 0.0324. The molecule has 1 aliphatic heterocycles. The van der Waals surface area contributed by atoms with Gasteiger partial charge in [0, 0.05) is 30.8 Å². The lowest BCUT2D eigenvalue weighted by atomic mass is 10.1. The largest absolute Gasteiger partial charge is 0.381 e. The van der Waals surface area contributed by atoms with Crippen molar-refractivity contribution in [3.8, 4) is 0 Å². The maximum Gasteiger partial charge on any atom is 0.322 e. The molecule has 1 aromatic carbocycles. The van der Waals surface area contributed by atoms with Crippen molar-refractivity contribution in [2.75, 3.05) is 25.1 Å². The molecule has 20 heavy (non-hydrogen) atoms. The van der Waals surface area contributed by atoms with Gasteiger partial charge in [0.2, 0.25) is 0 Å². The van der Waals surface area contributed by atoms with Gasteiger partial charge in [0.05, 0.1) is 6.61 Å². The van der Waals surface area contributed by atoms with Gasteiger partial charge in [-0.3, -0.25) is 0 Å². The van der Waals surface area contributed by atoms with E-state index in [1.807, 2.05) is 36.1 Å². The van der Waals surface area contributed by atoms with Crippen LogP contribution in [-0.2, 0) is 4.74 Å². The number of rotatable bonds is 4. The molecule has 1 saturated heterocycles. The summed E-state index contributed by atoms with van der Waals surface area (Å²) in [5, 5.41) is 3.02. The van der Waals surface area contributed by atoms with Crippen molar-refractivity contribution in [3.63, 3.8) is 0 Å². The zero-order valence-electron chi connectivity index (χ0n) is 12.0. The Morgan fingerprint density at radius 3 is 2.90 bits per heavy atom. The number of ether oxygens (including phenoxy) is 1. The molecule has 108 valence electrons.